The van der Waals surface area contributed by atoms with Crippen molar-refractivity contribution in [2.75, 3.05) is 12.1 Å². The van der Waals surface area contributed by atoms with Crippen LogP contribution < -0.4 is 5.48 Å². The van der Waals surface area contributed by atoms with Gasteiger partial charge in [-0.3, -0.25) is 9.52 Å². The molecular weight excluding hydrogens is 213 g/mol. The Morgan fingerprint density at radius 3 is 3.08 bits per heavy atom. The number of aryl methyl sites for hydroxylation is 1. The first-order valence-corrected chi connectivity index (χ1v) is 4.32. The van der Waals surface area contributed by atoms with E-state index in [0.29, 0.717) is 12.4 Å². The third-order valence-electron chi connectivity index (χ3n) is 1.21. The average molecular weight is 222 g/mol. The van der Waals surface area contributed by atoms with Gasteiger partial charge in [0.25, 0.3) is 0 Å². The average Bonchev–Trinajstić information content (AvgIpc) is 2.45. The molecule has 72 valence electrons. The van der Waals surface area contributed by atoms with E-state index < -0.39 is 0 Å². The van der Waals surface area contributed by atoms with E-state index in [1.807, 2.05) is 7.05 Å². The van der Waals surface area contributed by atoms with E-state index in [1.165, 1.54) is 6.08 Å². The monoisotopic (exact) mass is 221 g/mol. The van der Waals surface area contributed by atoms with Crippen LogP contribution in [0.3, 0.4) is 0 Å². The molecule has 0 aliphatic heterocycles. The molecular formula is C7H9Cl2N3O. The molecule has 0 unspecified atom stereocenters. The van der Waals surface area contributed by atoms with E-state index in [9.17, 15) is 0 Å². The first-order chi connectivity index (χ1) is 6.18. The van der Waals surface area contributed by atoms with Crippen LogP contribution in [0, 0.1) is 0 Å². The van der Waals surface area contributed by atoms with Crippen LogP contribution in [0.2, 0.25) is 0 Å². The molecule has 0 bridgehead atoms. The molecule has 0 spiro atoms. The van der Waals surface area contributed by atoms with E-state index in [0.717, 1.165) is 0 Å². The van der Waals surface area contributed by atoms with Crippen molar-refractivity contribution in [2.45, 2.75) is 0 Å². The van der Waals surface area contributed by atoms with Crippen molar-refractivity contribution < 1.29 is 4.84 Å². The van der Waals surface area contributed by atoms with Gasteiger partial charge in [-0.1, -0.05) is 23.2 Å². The molecule has 0 saturated heterocycles. The molecule has 1 aromatic heterocycles. The molecule has 1 rings (SSSR count). The predicted octanol–water partition coefficient (Wildman–Crippen LogP) is 2.08. The minimum Gasteiger partial charge on any atom is -0.274 e. The van der Waals surface area contributed by atoms with E-state index in [1.54, 1.807) is 16.9 Å². The molecule has 0 aliphatic rings. The number of nitrogens with one attached hydrogen (secondary N) is 1. The summed E-state index contributed by atoms with van der Waals surface area (Å²) < 4.78 is 1.85. The van der Waals surface area contributed by atoms with Crippen molar-refractivity contribution >= 4 is 29.0 Å². The molecule has 0 saturated carbocycles. The van der Waals surface area contributed by atoms with Gasteiger partial charge < -0.3 is 0 Å². The van der Waals surface area contributed by atoms with Gasteiger partial charge in [0.2, 0.25) is 0 Å². The zero-order chi connectivity index (χ0) is 9.68. The molecule has 0 atom stereocenters. The largest absolute Gasteiger partial charge is 0.274 e. The highest BCUT2D eigenvalue weighted by atomic mass is 35.5. The van der Waals surface area contributed by atoms with Crippen LogP contribution in [0.4, 0.5) is 5.82 Å². The fourth-order valence-corrected chi connectivity index (χ4v) is 0.816. The van der Waals surface area contributed by atoms with Crippen molar-refractivity contribution in [1.29, 1.82) is 0 Å². The third-order valence-corrected chi connectivity index (χ3v) is 1.52. The molecule has 0 fully saturated rings. The molecule has 0 aromatic carbocycles. The van der Waals surface area contributed by atoms with Crippen LogP contribution in [-0.4, -0.2) is 16.4 Å². The van der Waals surface area contributed by atoms with Gasteiger partial charge in [-0.05, 0) is 6.08 Å². The molecule has 0 amide bonds. The van der Waals surface area contributed by atoms with Crippen molar-refractivity contribution in [3.05, 3.63) is 22.8 Å². The van der Waals surface area contributed by atoms with E-state index in [2.05, 4.69) is 10.6 Å². The summed E-state index contributed by atoms with van der Waals surface area (Å²) >= 11 is 10.7. The van der Waals surface area contributed by atoms with Gasteiger partial charge in [0.15, 0.2) is 5.82 Å². The van der Waals surface area contributed by atoms with Gasteiger partial charge >= 0.3 is 0 Å². The molecule has 1 heterocycles. The summed E-state index contributed by atoms with van der Waals surface area (Å²) in [7, 11) is 1.82. The lowest BCUT2D eigenvalue weighted by molar-refractivity contribution is 0.226. The number of anilines is 1. The Bertz CT molecular complexity index is 294. The van der Waals surface area contributed by atoms with Gasteiger partial charge in [0.1, 0.15) is 4.49 Å². The molecule has 1 aromatic rings. The number of hydrogen-bond acceptors (Lipinski definition) is 3. The van der Waals surface area contributed by atoms with Crippen LogP contribution in [0.1, 0.15) is 0 Å². The zero-order valence-corrected chi connectivity index (χ0v) is 8.51. The topological polar surface area (TPSA) is 39.1 Å². The lowest BCUT2D eigenvalue weighted by Crippen LogP contribution is -2.02. The summed E-state index contributed by atoms with van der Waals surface area (Å²) in [5.74, 6) is 0.640. The molecule has 0 aliphatic carbocycles. The highest BCUT2D eigenvalue weighted by Gasteiger charge is 1.93. The first kappa shape index (κ1) is 10.4. The molecule has 13 heavy (non-hydrogen) atoms. The van der Waals surface area contributed by atoms with E-state index in [4.69, 9.17) is 28.0 Å². The summed E-state index contributed by atoms with van der Waals surface area (Å²) in [6, 6.07) is 1.78. The summed E-state index contributed by atoms with van der Waals surface area (Å²) in [5.41, 5.74) is 2.63. The van der Waals surface area contributed by atoms with Crippen LogP contribution >= 0.6 is 23.2 Å². The van der Waals surface area contributed by atoms with Crippen molar-refractivity contribution in [3.8, 4) is 0 Å². The molecule has 0 radical (unpaired) electrons. The molecule has 6 heteroatoms. The Morgan fingerprint density at radius 1 is 1.77 bits per heavy atom. The van der Waals surface area contributed by atoms with Gasteiger partial charge in [-0.2, -0.15) is 5.10 Å². The minimum atomic E-state index is 0.183. The zero-order valence-electron chi connectivity index (χ0n) is 7.00. The maximum atomic E-state index is 5.36. The maximum Gasteiger partial charge on any atom is 0.171 e. The number of nitrogens with zero attached hydrogens (tertiary/aromatic N) is 2. The normalized spacial score (nSPS) is 9.77. The Hall–Kier alpha value is -0.710. The summed E-state index contributed by atoms with van der Waals surface area (Å²) in [6.07, 6.45) is 3.33. The second-order valence-electron chi connectivity index (χ2n) is 2.28. The van der Waals surface area contributed by atoms with Gasteiger partial charge in [0.05, 0.1) is 6.61 Å². The Balaban J connectivity index is 2.24. The first-order valence-electron chi connectivity index (χ1n) is 3.57. The minimum absolute atomic E-state index is 0.183. The van der Waals surface area contributed by atoms with E-state index in [-0.39, 0.29) is 4.49 Å². The van der Waals surface area contributed by atoms with Gasteiger partial charge in [-0.25, -0.2) is 5.48 Å². The predicted molar refractivity (Wildman–Crippen MR) is 52.6 cm³/mol. The highest BCUT2D eigenvalue weighted by Crippen LogP contribution is 2.05. The fourth-order valence-electron chi connectivity index (χ4n) is 0.690. The standard InChI is InChI=1S/C7H9Cl2N3O/c1-12-4-2-7(10-12)11-13-5-3-6(8)9/h2-4H,5H2,1H3,(H,10,11). The Kier molecular flexibility index (Phi) is 4.08. The lowest BCUT2D eigenvalue weighted by Gasteiger charge is -1.99. The summed E-state index contributed by atoms with van der Waals surface area (Å²) in [5, 5.41) is 4.02. The van der Waals surface area contributed by atoms with E-state index >= 15 is 0 Å². The number of rotatable bonds is 4. The van der Waals surface area contributed by atoms with Crippen molar-refractivity contribution in [2.24, 2.45) is 7.05 Å². The van der Waals surface area contributed by atoms with Crippen molar-refractivity contribution in [3.63, 3.8) is 0 Å². The van der Waals surface area contributed by atoms with Crippen LogP contribution in [0.5, 0.6) is 0 Å². The fraction of sp³-hybridized carbons (Fsp3) is 0.286. The SMILES string of the molecule is Cn1ccc(NOCC=C(Cl)Cl)n1. The molecule has 4 nitrogen and oxygen atoms in total. The van der Waals surface area contributed by atoms with Crippen LogP contribution in [-0.2, 0) is 11.9 Å². The highest BCUT2D eigenvalue weighted by molar-refractivity contribution is 6.55. The summed E-state index contributed by atoms with van der Waals surface area (Å²) in [4.78, 5) is 4.97. The summed E-state index contributed by atoms with van der Waals surface area (Å²) in [6.45, 7) is 0.291. The second-order valence-corrected chi connectivity index (χ2v) is 3.29. The third kappa shape index (κ3) is 4.17. The van der Waals surface area contributed by atoms with Crippen molar-refractivity contribution in [1.82, 2.24) is 9.78 Å². The van der Waals surface area contributed by atoms with Crippen LogP contribution in [0.25, 0.3) is 0 Å². The lowest BCUT2D eigenvalue weighted by atomic mass is 10.7. The van der Waals surface area contributed by atoms with Crippen LogP contribution in [0.15, 0.2) is 22.8 Å². The second kappa shape index (κ2) is 5.11. The smallest absolute Gasteiger partial charge is 0.171 e. The number of hydrogen-bond donors (Lipinski definition) is 1. The quantitative estimate of drug-likeness (QED) is 0.626. The Morgan fingerprint density at radius 2 is 2.54 bits per heavy atom. The number of halogens is 2. The maximum absolute atomic E-state index is 5.36. The van der Waals surface area contributed by atoms with Gasteiger partial charge in [-0.15, -0.1) is 0 Å². The number of aromatic nitrogens is 2. The Labute approximate surface area is 86.0 Å². The van der Waals surface area contributed by atoms with Gasteiger partial charge in [0, 0.05) is 19.3 Å². The molecule has 1 N–H and O–H groups in total.